The summed E-state index contributed by atoms with van der Waals surface area (Å²) in [6, 6.07) is 3.22. The zero-order chi connectivity index (χ0) is 14.4. The van der Waals surface area contributed by atoms with Gasteiger partial charge in [0, 0.05) is 11.5 Å². The Labute approximate surface area is 118 Å². The third-order valence-electron chi connectivity index (χ3n) is 3.81. The SMILES string of the molecule is COc1cc(Cl)c(O)c(B2OC(C)(C)C(C)(C)O2)c1. The molecule has 104 valence electrons. The molecule has 4 nitrogen and oxygen atoms in total. The van der Waals surface area contributed by atoms with Gasteiger partial charge in [-0.2, -0.15) is 0 Å². The van der Waals surface area contributed by atoms with Gasteiger partial charge < -0.3 is 19.2 Å². The molecule has 0 spiro atoms. The van der Waals surface area contributed by atoms with Crippen LogP contribution >= 0.6 is 11.6 Å². The van der Waals surface area contributed by atoms with Crippen molar-refractivity contribution in [3.63, 3.8) is 0 Å². The van der Waals surface area contributed by atoms with Gasteiger partial charge in [0.05, 0.1) is 23.3 Å². The largest absolute Gasteiger partial charge is 0.507 e. The lowest BCUT2D eigenvalue weighted by Crippen LogP contribution is -2.41. The van der Waals surface area contributed by atoms with Crippen molar-refractivity contribution in [2.75, 3.05) is 7.11 Å². The van der Waals surface area contributed by atoms with Crippen LogP contribution < -0.4 is 10.2 Å². The fraction of sp³-hybridized carbons (Fsp3) is 0.538. The van der Waals surface area contributed by atoms with Gasteiger partial charge in [0.15, 0.2) is 0 Å². The summed E-state index contributed by atoms with van der Waals surface area (Å²) in [6.45, 7) is 7.80. The smallest absolute Gasteiger partial charge is 0.498 e. The second-order valence-electron chi connectivity index (χ2n) is 5.64. The van der Waals surface area contributed by atoms with Gasteiger partial charge in [0.1, 0.15) is 11.5 Å². The number of hydrogen-bond donors (Lipinski definition) is 1. The molecular formula is C13H18BClO4. The molecule has 1 heterocycles. The number of methoxy groups -OCH3 is 1. The number of halogens is 1. The van der Waals surface area contributed by atoms with Crippen LogP contribution in [0, 0.1) is 0 Å². The van der Waals surface area contributed by atoms with E-state index in [-0.39, 0.29) is 10.8 Å². The van der Waals surface area contributed by atoms with Crippen molar-refractivity contribution in [1.82, 2.24) is 0 Å². The van der Waals surface area contributed by atoms with E-state index in [9.17, 15) is 5.11 Å². The fourth-order valence-corrected chi connectivity index (χ4v) is 2.08. The number of hydrogen-bond acceptors (Lipinski definition) is 4. The number of benzene rings is 1. The first-order valence-corrected chi connectivity index (χ1v) is 6.48. The molecule has 0 aromatic heterocycles. The van der Waals surface area contributed by atoms with E-state index < -0.39 is 18.3 Å². The molecule has 19 heavy (non-hydrogen) atoms. The third kappa shape index (κ3) is 2.42. The van der Waals surface area contributed by atoms with Crippen LogP contribution in [0.4, 0.5) is 0 Å². The average molecular weight is 285 g/mol. The number of phenols is 1. The molecule has 1 N–H and O–H groups in total. The van der Waals surface area contributed by atoms with Crippen LogP contribution in [0.3, 0.4) is 0 Å². The summed E-state index contributed by atoms with van der Waals surface area (Å²) in [6.07, 6.45) is 0. The third-order valence-corrected chi connectivity index (χ3v) is 4.10. The Hall–Kier alpha value is -0.905. The summed E-state index contributed by atoms with van der Waals surface area (Å²) in [5.74, 6) is 0.508. The zero-order valence-electron chi connectivity index (χ0n) is 11.8. The number of rotatable bonds is 2. The van der Waals surface area contributed by atoms with Gasteiger partial charge in [0.25, 0.3) is 0 Å². The highest BCUT2D eigenvalue weighted by molar-refractivity contribution is 6.63. The highest BCUT2D eigenvalue weighted by atomic mass is 35.5. The summed E-state index contributed by atoms with van der Waals surface area (Å²) in [5, 5.41) is 10.3. The Morgan fingerprint density at radius 1 is 1.16 bits per heavy atom. The van der Waals surface area contributed by atoms with E-state index >= 15 is 0 Å². The Morgan fingerprint density at radius 2 is 1.68 bits per heavy atom. The quantitative estimate of drug-likeness (QED) is 0.847. The molecule has 1 fully saturated rings. The standard InChI is InChI=1S/C13H18BClO4/c1-12(2)13(3,4)19-14(18-12)9-6-8(17-5)7-10(15)11(9)16/h6-7,16H,1-5H3. The molecule has 0 radical (unpaired) electrons. The molecule has 1 aliphatic heterocycles. The van der Waals surface area contributed by atoms with Crippen molar-refractivity contribution < 1.29 is 19.2 Å². The van der Waals surface area contributed by atoms with E-state index in [0.717, 1.165) is 0 Å². The lowest BCUT2D eigenvalue weighted by atomic mass is 9.78. The van der Waals surface area contributed by atoms with Crippen molar-refractivity contribution >= 4 is 24.2 Å². The van der Waals surface area contributed by atoms with Gasteiger partial charge in [0.2, 0.25) is 0 Å². The summed E-state index contributed by atoms with van der Waals surface area (Å²) in [7, 11) is 0.870. The fourth-order valence-electron chi connectivity index (χ4n) is 1.86. The predicted molar refractivity (Wildman–Crippen MR) is 75.4 cm³/mol. The minimum Gasteiger partial charge on any atom is -0.507 e. The van der Waals surface area contributed by atoms with Gasteiger partial charge in [-0.05, 0) is 33.8 Å². The van der Waals surface area contributed by atoms with E-state index in [2.05, 4.69) is 0 Å². The molecule has 1 aliphatic rings. The first-order valence-electron chi connectivity index (χ1n) is 6.10. The maximum absolute atomic E-state index is 10.1. The molecule has 2 rings (SSSR count). The first kappa shape index (κ1) is 14.5. The van der Waals surface area contributed by atoms with Crippen LogP contribution in [0.5, 0.6) is 11.5 Å². The molecule has 0 bridgehead atoms. The topological polar surface area (TPSA) is 47.9 Å². The van der Waals surface area contributed by atoms with Gasteiger partial charge in [-0.3, -0.25) is 0 Å². The monoisotopic (exact) mass is 284 g/mol. The van der Waals surface area contributed by atoms with Crippen LogP contribution in [0.1, 0.15) is 27.7 Å². The van der Waals surface area contributed by atoms with Crippen molar-refractivity contribution in [2.24, 2.45) is 0 Å². The minimum atomic E-state index is -0.669. The van der Waals surface area contributed by atoms with Crippen LogP contribution in [-0.4, -0.2) is 30.5 Å². The molecule has 1 aromatic rings. The minimum absolute atomic E-state index is 0.0408. The molecule has 1 saturated heterocycles. The van der Waals surface area contributed by atoms with Gasteiger partial charge in [-0.1, -0.05) is 11.6 Å². The summed E-state index contributed by atoms with van der Waals surface area (Å²) in [5.41, 5.74) is -0.470. The molecule has 0 atom stereocenters. The summed E-state index contributed by atoms with van der Waals surface area (Å²) >= 11 is 5.98. The van der Waals surface area contributed by atoms with Crippen LogP contribution in [0.25, 0.3) is 0 Å². The molecule has 0 saturated carbocycles. The van der Waals surface area contributed by atoms with Gasteiger partial charge in [-0.15, -0.1) is 0 Å². The Bertz CT molecular complexity index is 486. The molecular weight excluding hydrogens is 266 g/mol. The second kappa shape index (κ2) is 4.58. The molecule has 6 heteroatoms. The maximum atomic E-state index is 10.1. The number of ether oxygens (including phenoxy) is 1. The van der Waals surface area contributed by atoms with E-state index in [4.69, 9.17) is 25.6 Å². The van der Waals surface area contributed by atoms with Gasteiger partial charge >= 0.3 is 7.12 Å². The van der Waals surface area contributed by atoms with Crippen LogP contribution in [0.15, 0.2) is 12.1 Å². The Morgan fingerprint density at radius 3 is 2.16 bits per heavy atom. The van der Waals surface area contributed by atoms with E-state index in [1.54, 1.807) is 12.1 Å². The molecule has 0 amide bonds. The molecule has 0 aliphatic carbocycles. The van der Waals surface area contributed by atoms with Crippen molar-refractivity contribution in [3.8, 4) is 11.5 Å². The average Bonchev–Trinajstić information content (AvgIpc) is 2.51. The number of aromatic hydroxyl groups is 1. The zero-order valence-corrected chi connectivity index (χ0v) is 12.5. The lowest BCUT2D eigenvalue weighted by molar-refractivity contribution is 0.00578. The van der Waals surface area contributed by atoms with Crippen molar-refractivity contribution in [1.29, 1.82) is 0 Å². The Balaban J connectivity index is 2.42. The maximum Gasteiger partial charge on any atom is 0.498 e. The van der Waals surface area contributed by atoms with Crippen molar-refractivity contribution in [3.05, 3.63) is 17.2 Å². The normalized spacial score (nSPS) is 20.6. The van der Waals surface area contributed by atoms with E-state index in [1.807, 2.05) is 27.7 Å². The van der Waals surface area contributed by atoms with Gasteiger partial charge in [-0.25, -0.2) is 0 Å². The molecule has 1 aromatic carbocycles. The summed E-state index contributed by atoms with van der Waals surface area (Å²) in [4.78, 5) is 0. The van der Waals surface area contributed by atoms with Crippen LogP contribution in [-0.2, 0) is 9.31 Å². The summed E-state index contributed by atoms with van der Waals surface area (Å²) < 4.78 is 16.9. The van der Waals surface area contributed by atoms with E-state index in [1.165, 1.54) is 7.11 Å². The predicted octanol–water partition coefficient (Wildman–Crippen LogP) is 2.35. The highest BCUT2D eigenvalue weighted by Crippen LogP contribution is 2.38. The van der Waals surface area contributed by atoms with Crippen LogP contribution in [0.2, 0.25) is 5.02 Å². The van der Waals surface area contributed by atoms with E-state index in [0.29, 0.717) is 11.2 Å². The number of phenolic OH excluding ortho intramolecular Hbond substituents is 1. The Kier molecular flexibility index (Phi) is 3.50. The second-order valence-corrected chi connectivity index (χ2v) is 6.04. The highest BCUT2D eigenvalue weighted by Gasteiger charge is 2.52. The van der Waals surface area contributed by atoms with Crippen molar-refractivity contribution in [2.45, 2.75) is 38.9 Å². The molecule has 0 unspecified atom stereocenters. The first-order chi connectivity index (χ1) is 8.68. The lowest BCUT2D eigenvalue weighted by Gasteiger charge is -2.32.